The highest BCUT2D eigenvalue weighted by atomic mass is 32.1. The van der Waals surface area contributed by atoms with E-state index >= 15 is 0 Å². The molecule has 1 N–H and O–H groups in total. The molecule has 0 saturated heterocycles. The summed E-state index contributed by atoms with van der Waals surface area (Å²) in [4.78, 5) is 16.7. The fourth-order valence-corrected chi connectivity index (χ4v) is 3.32. The summed E-state index contributed by atoms with van der Waals surface area (Å²) >= 11 is 1.39. The zero-order valence-electron chi connectivity index (χ0n) is 14.3. The number of aryl methyl sites for hydroxylation is 2. The van der Waals surface area contributed by atoms with Crippen molar-refractivity contribution in [1.29, 1.82) is 0 Å². The van der Waals surface area contributed by atoms with Gasteiger partial charge >= 0.3 is 0 Å². The highest BCUT2D eigenvalue weighted by molar-refractivity contribution is 7.14. The van der Waals surface area contributed by atoms with Gasteiger partial charge in [-0.25, -0.2) is 4.98 Å². The predicted octanol–water partition coefficient (Wildman–Crippen LogP) is 3.99. The molecule has 0 aliphatic rings. The first-order valence-electron chi connectivity index (χ1n) is 7.89. The van der Waals surface area contributed by atoms with Crippen molar-refractivity contribution in [3.8, 4) is 17.0 Å². The lowest BCUT2D eigenvalue weighted by molar-refractivity contribution is -0.116. The summed E-state index contributed by atoms with van der Waals surface area (Å²) in [6.45, 7) is 3.73. The van der Waals surface area contributed by atoms with Crippen LogP contribution in [-0.4, -0.2) is 23.2 Å². The van der Waals surface area contributed by atoms with Gasteiger partial charge in [-0.3, -0.25) is 4.79 Å². The van der Waals surface area contributed by atoms with Gasteiger partial charge in [0.2, 0.25) is 5.91 Å². The Bertz CT molecular complexity index is 866. The minimum atomic E-state index is -0.0825. The van der Waals surface area contributed by atoms with Gasteiger partial charge in [0, 0.05) is 22.9 Å². The third-order valence-corrected chi connectivity index (χ3v) is 4.67. The predicted molar refractivity (Wildman–Crippen MR) is 97.0 cm³/mol. The minimum absolute atomic E-state index is 0.0825. The summed E-state index contributed by atoms with van der Waals surface area (Å²) in [6, 6.07) is 7.67. The van der Waals surface area contributed by atoms with E-state index < -0.39 is 0 Å². The lowest BCUT2D eigenvalue weighted by Crippen LogP contribution is -2.12. The monoisotopic (exact) mass is 357 g/mol. The van der Waals surface area contributed by atoms with Crippen molar-refractivity contribution in [2.75, 3.05) is 12.4 Å². The average Bonchev–Trinajstić information content (AvgIpc) is 3.20. The number of rotatable bonds is 6. The Kier molecular flexibility index (Phi) is 5.14. The van der Waals surface area contributed by atoms with Crippen molar-refractivity contribution in [2.24, 2.45) is 0 Å². The van der Waals surface area contributed by atoms with Gasteiger partial charge in [-0.1, -0.05) is 17.3 Å². The lowest BCUT2D eigenvalue weighted by Gasteiger charge is -2.05. The van der Waals surface area contributed by atoms with E-state index in [1.54, 1.807) is 7.11 Å². The summed E-state index contributed by atoms with van der Waals surface area (Å²) in [7, 11) is 1.63. The fourth-order valence-electron chi connectivity index (χ4n) is 2.59. The molecule has 1 amide bonds. The highest BCUT2D eigenvalue weighted by Crippen LogP contribution is 2.31. The number of thiazole rings is 1. The van der Waals surface area contributed by atoms with E-state index in [0.717, 1.165) is 34.0 Å². The van der Waals surface area contributed by atoms with Gasteiger partial charge in [-0.05, 0) is 32.4 Å². The van der Waals surface area contributed by atoms with Crippen molar-refractivity contribution in [2.45, 2.75) is 26.7 Å². The smallest absolute Gasteiger partial charge is 0.226 e. The molecule has 25 heavy (non-hydrogen) atoms. The van der Waals surface area contributed by atoms with Crippen LogP contribution >= 0.6 is 11.3 Å². The second-order valence-corrected chi connectivity index (χ2v) is 6.45. The molecule has 0 bridgehead atoms. The molecule has 3 rings (SSSR count). The summed E-state index contributed by atoms with van der Waals surface area (Å²) in [5, 5.41) is 9.23. The quantitative estimate of drug-likeness (QED) is 0.722. The second-order valence-electron chi connectivity index (χ2n) is 5.59. The van der Waals surface area contributed by atoms with E-state index in [9.17, 15) is 4.79 Å². The maximum atomic E-state index is 12.2. The van der Waals surface area contributed by atoms with Crippen LogP contribution in [0.4, 0.5) is 5.13 Å². The summed E-state index contributed by atoms with van der Waals surface area (Å²) in [6.07, 6.45) is 0.949. The Hall–Kier alpha value is -2.67. The zero-order chi connectivity index (χ0) is 17.8. The van der Waals surface area contributed by atoms with E-state index in [-0.39, 0.29) is 5.91 Å². The van der Waals surface area contributed by atoms with Crippen LogP contribution in [0.5, 0.6) is 5.75 Å². The number of benzene rings is 1. The molecule has 0 atom stereocenters. The second kappa shape index (κ2) is 7.48. The van der Waals surface area contributed by atoms with E-state index in [1.807, 2.05) is 43.5 Å². The van der Waals surface area contributed by atoms with Gasteiger partial charge in [0.05, 0.1) is 18.5 Å². The molecule has 130 valence electrons. The first-order valence-corrected chi connectivity index (χ1v) is 8.77. The van der Waals surface area contributed by atoms with Crippen LogP contribution in [0.15, 0.2) is 34.2 Å². The summed E-state index contributed by atoms with van der Waals surface area (Å²) in [5.41, 5.74) is 3.50. The molecule has 0 aliphatic carbocycles. The molecule has 0 fully saturated rings. The highest BCUT2D eigenvalue weighted by Gasteiger charge is 2.13. The molecule has 0 saturated carbocycles. The lowest BCUT2D eigenvalue weighted by atomic mass is 10.1. The fraction of sp³-hybridized carbons (Fsp3) is 0.278. The molecule has 0 unspecified atom stereocenters. The van der Waals surface area contributed by atoms with Crippen molar-refractivity contribution in [3.05, 3.63) is 46.7 Å². The molecule has 6 nitrogen and oxygen atoms in total. The average molecular weight is 357 g/mol. The molecule has 3 aromatic rings. The SMILES string of the molecule is COc1ccccc1-c1csc(NC(=O)CCc2c(C)noc2C)n1. The molecule has 2 heterocycles. The molecular formula is C18H19N3O3S. The largest absolute Gasteiger partial charge is 0.496 e. The van der Waals surface area contributed by atoms with Crippen LogP contribution < -0.4 is 10.1 Å². The van der Waals surface area contributed by atoms with Crippen LogP contribution in [0.1, 0.15) is 23.4 Å². The van der Waals surface area contributed by atoms with Gasteiger partial charge in [0.25, 0.3) is 0 Å². The van der Waals surface area contributed by atoms with Crippen LogP contribution in [-0.2, 0) is 11.2 Å². The number of carbonyl (C=O) groups excluding carboxylic acids is 1. The molecule has 2 aromatic heterocycles. The van der Waals surface area contributed by atoms with Crippen LogP contribution in [0.2, 0.25) is 0 Å². The number of anilines is 1. The van der Waals surface area contributed by atoms with Crippen molar-refractivity contribution >= 4 is 22.4 Å². The first-order chi connectivity index (χ1) is 12.1. The van der Waals surface area contributed by atoms with Crippen molar-refractivity contribution in [3.63, 3.8) is 0 Å². The number of aromatic nitrogens is 2. The Morgan fingerprint density at radius 3 is 2.84 bits per heavy atom. The maximum absolute atomic E-state index is 12.2. The Morgan fingerprint density at radius 1 is 1.32 bits per heavy atom. The number of para-hydroxylation sites is 1. The minimum Gasteiger partial charge on any atom is -0.496 e. The molecule has 0 aliphatic heterocycles. The normalized spacial score (nSPS) is 10.7. The number of nitrogens with one attached hydrogen (secondary N) is 1. The van der Waals surface area contributed by atoms with E-state index in [0.29, 0.717) is 18.0 Å². The van der Waals surface area contributed by atoms with Gasteiger partial charge in [-0.2, -0.15) is 0 Å². The maximum Gasteiger partial charge on any atom is 0.226 e. The number of hydrogen-bond acceptors (Lipinski definition) is 6. The molecule has 7 heteroatoms. The Labute approximate surface area is 149 Å². The van der Waals surface area contributed by atoms with Crippen molar-refractivity contribution < 1.29 is 14.1 Å². The van der Waals surface area contributed by atoms with E-state index in [1.165, 1.54) is 11.3 Å². The van der Waals surface area contributed by atoms with Gasteiger partial charge in [0.1, 0.15) is 11.5 Å². The van der Waals surface area contributed by atoms with Gasteiger partial charge in [0.15, 0.2) is 5.13 Å². The number of ether oxygens (including phenoxy) is 1. The van der Waals surface area contributed by atoms with Crippen LogP contribution in [0, 0.1) is 13.8 Å². The summed E-state index contributed by atoms with van der Waals surface area (Å²) < 4.78 is 10.5. The van der Waals surface area contributed by atoms with Crippen LogP contribution in [0.25, 0.3) is 11.3 Å². The Balaban J connectivity index is 1.64. The number of nitrogens with zero attached hydrogens (tertiary/aromatic N) is 2. The first kappa shape index (κ1) is 17.2. The van der Waals surface area contributed by atoms with Crippen molar-refractivity contribution in [1.82, 2.24) is 10.1 Å². The van der Waals surface area contributed by atoms with Gasteiger partial charge in [-0.15, -0.1) is 11.3 Å². The topological polar surface area (TPSA) is 77.2 Å². The third kappa shape index (κ3) is 3.88. The molecule has 1 aromatic carbocycles. The third-order valence-electron chi connectivity index (χ3n) is 3.92. The number of carbonyl (C=O) groups is 1. The molecule has 0 spiro atoms. The Morgan fingerprint density at radius 2 is 2.12 bits per heavy atom. The molecule has 0 radical (unpaired) electrons. The number of hydrogen-bond donors (Lipinski definition) is 1. The molecular weight excluding hydrogens is 338 g/mol. The van der Waals surface area contributed by atoms with E-state index in [4.69, 9.17) is 9.26 Å². The number of amides is 1. The summed E-state index contributed by atoms with van der Waals surface area (Å²) in [5.74, 6) is 1.43. The number of methoxy groups -OCH3 is 1. The zero-order valence-corrected chi connectivity index (χ0v) is 15.1. The standard InChI is InChI=1S/C18H19N3O3S/c1-11-13(12(2)24-21-11)8-9-17(22)20-18-19-15(10-25-18)14-6-4-5-7-16(14)23-3/h4-7,10H,8-9H2,1-3H3,(H,19,20,22). The van der Waals surface area contributed by atoms with Gasteiger partial charge < -0.3 is 14.6 Å². The van der Waals surface area contributed by atoms with Crippen LogP contribution in [0.3, 0.4) is 0 Å². The van der Waals surface area contributed by atoms with E-state index in [2.05, 4.69) is 15.5 Å².